The van der Waals surface area contributed by atoms with Crippen LogP contribution in [0.2, 0.25) is 0 Å². The average Bonchev–Trinajstić information content (AvgIpc) is 2.13. The van der Waals surface area contributed by atoms with Crippen LogP contribution in [-0.4, -0.2) is 46.3 Å². The Balaban J connectivity index is 2.72. The van der Waals surface area contributed by atoms with Gasteiger partial charge in [-0.05, 0) is 47.5 Å². The molecule has 0 saturated carbocycles. The minimum Gasteiger partial charge on any atom is -0.481 e. The van der Waals surface area contributed by atoms with Gasteiger partial charge in [-0.3, -0.25) is 9.69 Å². The van der Waals surface area contributed by atoms with E-state index in [1.165, 1.54) is 0 Å². The number of hydrogen-bond donors (Lipinski definition) is 1. The van der Waals surface area contributed by atoms with E-state index in [-0.39, 0.29) is 24.2 Å². The Hall–Kier alpha value is -0.610. The Kier molecular flexibility index (Phi) is 5.17. The Morgan fingerprint density at radius 3 is 2.17 bits per heavy atom. The molecule has 0 aliphatic carbocycles. The molecule has 1 aliphatic rings. The molecule has 0 bridgehead atoms. The summed E-state index contributed by atoms with van der Waals surface area (Å²) in [6.07, 6.45) is 2.70. The van der Waals surface area contributed by atoms with Crippen LogP contribution in [0.1, 0.15) is 53.9 Å². The molecule has 4 heteroatoms. The van der Waals surface area contributed by atoms with Crippen molar-refractivity contribution < 1.29 is 14.6 Å². The van der Waals surface area contributed by atoms with Crippen LogP contribution in [0.15, 0.2) is 0 Å². The zero-order valence-electron chi connectivity index (χ0n) is 12.3. The first-order valence-corrected chi connectivity index (χ1v) is 6.84. The summed E-state index contributed by atoms with van der Waals surface area (Å²) in [6.45, 7) is 11.3. The second-order valence-electron chi connectivity index (χ2n) is 6.39. The highest BCUT2D eigenvalue weighted by atomic mass is 16.5. The third-order valence-corrected chi connectivity index (χ3v) is 3.54. The summed E-state index contributed by atoms with van der Waals surface area (Å²) >= 11 is 0. The molecule has 1 rings (SSSR count). The molecule has 0 aromatic carbocycles. The van der Waals surface area contributed by atoms with E-state index in [9.17, 15) is 4.79 Å². The molecular weight excluding hydrogens is 230 g/mol. The van der Waals surface area contributed by atoms with Gasteiger partial charge in [-0.1, -0.05) is 0 Å². The fraction of sp³-hybridized carbons (Fsp3) is 0.929. The van der Waals surface area contributed by atoms with Gasteiger partial charge in [-0.2, -0.15) is 0 Å². The molecule has 0 aromatic rings. The van der Waals surface area contributed by atoms with Crippen LogP contribution in [0.3, 0.4) is 0 Å². The van der Waals surface area contributed by atoms with Crippen LogP contribution >= 0.6 is 0 Å². The summed E-state index contributed by atoms with van der Waals surface area (Å²) in [4.78, 5) is 13.1. The summed E-state index contributed by atoms with van der Waals surface area (Å²) in [7, 11) is 0. The summed E-state index contributed by atoms with van der Waals surface area (Å²) in [6, 6.07) is 0.420. The van der Waals surface area contributed by atoms with E-state index in [0.717, 1.165) is 12.8 Å². The van der Waals surface area contributed by atoms with E-state index >= 15 is 0 Å². The standard InChI is InChI=1S/C14H27NO3/c1-10-8-12(9-11(2)18-10)15(14(3,4)5)7-6-13(16)17/h10-12H,6-9H2,1-5H3,(H,16,17). The first kappa shape index (κ1) is 15.4. The fourth-order valence-electron chi connectivity index (χ4n) is 2.91. The summed E-state index contributed by atoms with van der Waals surface area (Å²) in [5, 5.41) is 8.88. The normalized spacial score (nSPS) is 29.6. The van der Waals surface area contributed by atoms with E-state index in [1.54, 1.807) is 0 Å². The van der Waals surface area contributed by atoms with E-state index < -0.39 is 5.97 Å². The van der Waals surface area contributed by atoms with Crippen molar-refractivity contribution in [3.63, 3.8) is 0 Å². The number of hydrogen-bond acceptors (Lipinski definition) is 3. The SMILES string of the molecule is CC1CC(N(CCC(=O)O)C(C)(C)C)CC(C)O1. The Morgan fingerprint density at radius 1 is 1.28 bits per heavy atom. The highest BCUT2D eigenvalue weighted by Crippen LogP contribution is 2.28. The van der Waals surface area contributed by atoms with E-state index in [1.807, 2.05) is 0 Å². The van der Waals surface area contributed by atoms with Gasteiger partial charge in [0.05, 0.1) is 18.6 Å². The molecule has 1 N–H and O–H groups in total. The molecule has 4 nitrogen and oxygen atoms in total. The molecule has 1 heterocycles. The van der Waals surface area contributed by atoms with Crippen LogP contribution in [0, 0.1) is 0 Å². The maximum atomic E-state index is 10.8. The Morgan fingerprint density at radius 2 is 1.78 bits per heavy atom. The molecule has 1 saturated heterocycles. The number of carbonyl (C=O) groups is 1. The maximum absolute atomic E-state index is 10.8. The number of carboxylic acid groups (broad SMARTS) is 1. The molecule has 0 amide bonds. The minimum absolute atomic E-state index is 0.00308. The maximum Gasteiger partial charge on any atom is 0.304 e. The molecule has 106 valence electrons. The topological polar surface area (TPSA) is 49.8 Å². The predicted molar refractivity (Wildman–Crippen MR) is 71.7 cm³/mol. The van der Waals surface area contributed by atoms with Crippen LogP contribution in [0.4, 0.5) is 0 Å². The second kappa shape index (κ2) is 6.02. The van der Waals surface area contributed by atoms with Crippen molar-refractivity contribution in [2.75, 3.05) is 6.54 Å². The molecule has 2 atom stereocenters. The van der Waals surface area contributed by atoms with E-state index in [2.05, 4.69) is 39.5 Å². The quantitative estimate of drug-likeness (QED) is 0.840. The summed E-state index contributed by atoms with van der Waals surface area (Å²) in [5.74, 6) is -0.725. The highest BCUT2D eigenvalue weighted by Gasteiger charge is 2.34. The Labute approximate surface area is 110 Å². The highest BCUT2D eigenvalue weighted by molar-refractivity contribution is 5.66. The van der Waals surface area contributed by atoms with Crippen molar-refractivity contribution in [3.05, 3.63) is 0 Å². The number of ether oxygens (including phenoxy) is 1. The predicted octanol–water partition coefficient (Wildman–Crippen LogP) is 2.52. The number of nitrogens with zero attached hydrogens (tertiary/aromatic N) is 1. The third-order valence-electron chi connectivity index (χ3n) is 3.54. The lowest BCUT2D eigenvalue weighted by molar-refractivity contribution is -0.138. The molecule has 1 aliphatic heterocycles. The van der Waals surface area contributed by atoms with Gasteiger partial charge in [0.1, 0.15) is 0 Å². The van der Waals surface area contributed by atoms with Crippen LogP contribution < -0.4 is 0 Å². The van der Waals surface area contributed by atoms with Gasteiger partial charge < -0.3 is 9.84 Å². The number of carboxylic acids is 1. The first-order valence-electron chi connectivity index (χ1n) is 6.84. The molecule has 0 radical (unpaired) electrons. The molecule has 1 fully saturated rings. The molecule has 18 heavy (non-hydrogen) atoms. The minimum atomic E-state index is -0.725. The van der Waals surface area contributed by atoms with E-state index in [4.69, 9.17) is 9.84 Å². The van der Waals surface area contributed by atoms with Gasteiger partial charge in [0.2, 0.25) is 0 Å². The fourth-order valence-corrected chi connectivity index (χ4v) is 2.91. The number of rotatable bonds is 4. The van der Waals surface area contributed by atoms with E-state index in [0.29, 0.717) is 12.6 Å². The van der Waals surface area contributed by atoms with Crippen molar-refractivity contribution in [1.29, 1.82) is 0 Å². The van der Waals surface area contributed by atoms with Gasteiger partial charge in [-0.15, -0.1) is 0 Å². The molecule has 0 aromatic heterocycles. The largest absolute Gasteiger partial charge is 0.481 e. The smallest absolute Gasteiger partial charge is 0.304 e. The van der Waals surface area contributed by atoms with Crippen molar-refractivity contribution in [2.24, 2.45) is 0 Å². The molecule has 2 unspecified atom stereocenters. The first-order chi connectivity index (χ1) is 8.20. The van der Waals surface area contributed by atoms with Crippen LogP contribution in [-0.2, 0) is 9.53 Å². The number of aliphatic carboxylic acids is 1. The van der Waals surface area contributed by atoms with Crippen LogP contribution in [0.5, 0.6) is 0 Å². The summed E-state index contributed by atoms with van der Waals surface area (Å²) in [5.41, 5.74) is -0.00308. The van der Waals surface area contributed by atoms with Gasteiger partial charge in [-0.25, -0.2) is 0 Å². The van der Waals surface area contributed by atoms with Crippen molar-refractivity contribution in [3.8, 4) is 0 Å². The summed E-state index contributed by atoms with van der Waals surface area (Å²) < 4.78 is 5.76. The van der Waals surface area contributed by atoms with Crippen molar-refractivity contribution >= 4 is 5.97 Å². The third kappa shape index (κ3) is 4.58. The monoisotopic (exact) mass is 257 g/mol. The molecule has 0 spiro atoms. The van der Waals surface area contributed by atoms with Crippen molar-refractivity contribution in [2.45, 2.75) is 77.7 Å². The van der Waals surface area contributed by atoms with Crippen LogP contribution in [0.25, 0.3) is 0 Å². The van der Waals surface area contributed by atoms with Gasteiger partial charge in [0.15, 0.2) is 0 Å². The van der Waals surface area contributed by atoms with Gasteiger partial charge in [0, 0.05) is 18.1 Å². The lowest BCUT2D eigenvalue weighted by atomic mass is 9.93. The lowest BCUT2D eigenvalue weighted by Crippen LogP contribution is -2.53. The molecular formula is C14H27NO3. The zero-order valence-corrected chi connectivity index (χ0v) is 12.3. The van der Waals surface area contributed by atoms with Crippen molar-refractivity contribution in [1.82, 2.24) is 4.90 Å². The zero-order chi connectivity index (χ0) is 13.9. The second-order valence-corrected chi connectivity index (χ2v) is 6.39. The lowest BCUT2D eigenvalue weighted by Gasteiger charge is -2.45. The van der Waals surface area contributed by atoms with Gasteiger partial charge in [0.25, 0.3) is 0 Å². The Bertz CT molecular complexity index is 275. The van der Waals surface area contributed by atoms with Gasteiger partial charge >= 0.3 is 5.97 Å². The average molecular weight is 257 g/mol.